The van der Waals surface area contributed by atoms with E-state index >= 15 is 0 Å². The van der Waals surface area contributed by atoms with Crippen LogP contribution < -0.4 is 0 Å². The SMILES string of the molecule is CCCCC(C)CN1C=CC=C(C(=O)O)C1. The minimum atomic E-state index is -0.810. The highest BCUT2D eigenvalue weighted by atomic mass is 16.4. The van der Waals surface area contributed by atoms with Gasteiger partial charge in [0.05, 0.1) is 5.57 Å². The fraction of sp³-hybridized carbons (Fsp3) is 0.615. The molecular weight excluding hydrogens is 202 g/mol. The van der Waals surface area contributed by atoms with E-state index in [0.717, 1.165) is 6.54 Å². The molecule has 16 heavy (non-hydrogen) atoms. The molecule has 1 aliphatic heterocycles. The summed E-state index contributed by atoms with van der Waals surface area (Å²) in [5.41, 5.74) is 0.477. The van der Waals surface area contributed by atoms with Gasteiger partial charge in [-0.1, -0.05) is 26.7 Å². The van der Waals surface area contributed by atoms with Crippen molar-refractivity contribution in [2.75, 3.05) is 13.1 Å². The van der Waals surface area contributed by atoms with Crippen molar-refractivity contribution >= 4 is 5.97 Å². The van der Waals surface area contributed by atoms with E-state index in [1.165, 1.54) is 19.3 Å². The summed E-state index contributed by atoms with van der Waals surface area (Å²) in [4.78, 5) is 12.9. The van der Waals surface area contributed by atoms with Crippen LogP contribution in [0.25, 0.3) is 0 Å². The van der Waals surface area contributed by atoms with Gasteiger partial charge in [0, 0.05) is 13.1 Å². The van der Waals surface area contributed by atoms with Crippen LogP contribution in [0.15, 0.2) is 23.9 Å². The molecule has 0 aliphatic carbocycles. The van der Waals surface area contributed by atoms with Gasteiger partial charge in [0.1, 0.15) is 0 Å². The van der Waals surface area contributed by atoms with Crippen molar-refractivity contribution in [2.24, 2.45) is 5.92 Å². The van der Waals surface area contributed by atoms with Gasteiger partial charge in [-0.3, -0.25) is 0 Å². The molecule has 0 aromatic heterocycles. The van der Waals surface area contributed by atoms with Crippen molar-refractivity contribution in [2.45, 2.75) is 33.1 Å². The van der Waals surface area contributed by atoms with Crippen molar-refractivity contribution in [3.05, 3.63) is 23.9 Å². The van der Waals surface area contributed by atoms with Crippen molar-refractivity contribution < 1.29 is 9.90 Å². The van der Waals surface area contributed by atoms with Gasteiger partial charge in [0.25, 0.3) is 0 Å². The van der Waals surface area contributed by atoms with Crippen LogP contribution >= 0.6 is 0 Å². The number of allylic oxidation sites excluding steroid dienone is 2. The molecule has 3 heteroatoms. The second-order valence-corrected chi connectivity index (χ2v) is 4.52. The van der Waals surface area contributed by atoms with Crippen molar-refractivity contribution in [1.29, 1.82) is 0 Å². The van der Waals surface area contributed by atoms with Gasteiger partial charge < -0.3 is 10.0 Å². The Hall–Kier alpha value is -1.25. The Balaban J connectivity index is 2.38. The van der Waals surface area contributed by atoms with Gasteiger partial charge >= 0.3 is 5.97 Å². The molecule has 0 amide bonds. The number of rotatable bonds is 6. The second kappa shape index (κ2) is 6.36. The summed E-state index contributed by atoms with van der Waals surface area (Å²) < 4.78 is 0. The van der Waals surface area contributed by atoms with E-state index in [9.17, 15) is 4.79 Å². The average Bonchev–Trinajstić information content (AvgIpc) is 2.26. The van der Waals surface area contributed by atoms with Gasteiger partial charge in [-0.15, -0.1) is 0 Å². The van der Waals surface area contributed by atoms with Crippen LogP contribution in [0.1, 0.15) is 33.1 Å². The Kier molecular flexibility index (Phi) is 5.09. The lowest BCUT2D eigenvalue weighted by Crippen LogP contribution is -2.29. The van der Waals surface area contributed by atoms with E-state index in [4.69, 9.17) is 5.11 Å². The van der Waals surface area contributed by atoms with Crippen molar-refractivity contribution in [1.82, 2.24) is 4.90 Å². The number of hydrogen-bond acceptors (Lipinski definition) is 2. The summed E-state index contributed by atoms with van der Waals surface area (Å²) in [5.74, 6) is -0.187. The first-order valence-corrected chi connectivity index (χ1v) is 5.98. The zero-order valence-corrected chi connectivity index (χ0v) is 10.1. The third-order valence-electron chi connectivity index (χ3n) is 2.84. The van der Waals surface area contributed by atoms with Crippen LogP contribution in [0, 0.1) is 5.92 Å². The molecule has 0 saturated heterocycles. The second-order valence-electron chi connectivity index (χ2n) is 4.52. The summed E-state index contributed by atoms with van der Waals surface area (Å²) in [6.45, 7) is 5.89. The van der Waals surface area contributed by atoms with Crippen LogP contribution in [0.4, 0.5) is 0 Å². The highest BCUT2D eigenvalue weighted by molar-refractivity contribution is 5.87. The summed E-state index contributed by atoms with van der Waals surface area (Å²) in [7, 11) is 0. The molecule has 0 fully saturated rings. The molecule has 1 atom stereocenters. The number of hydrogen-bond donors (Lipinski definition) is 1. The van der Waals surface area contributed by atoms with Gasteiger partial charge in [-0.25, -0.2) is 4.79 Å². The number of aliphatic carboxylic acids is 1. The maximum absolute atomic E-state index is 10.8. The Morgan fingerprint density at radius 1 is 1.62 bits per heavy atom. The zero-order chi connectivity index (χ0) is 12.0. The first-order valence-electron chi connectivity index (χ1n) is 5.98. The third kappa shape index (κ3) is 4.09. The van der Waals surface area contributed by atoms with E-state index in [1.807, 2.05) is 12.3 Å². The predicted octanol–water partition coefficient (Wildman–Crippen LogP) is 2.65. The first kappa shape index (κ1) is 12.8. The number of carboxylic acids is 1. The fourth-order valence-electron chi connectivity index (χ4n) is 1.91. The lowest BCUT2D eigenvalue weighted by atomic mass is 10.0. The summed E-state index contributed by atoms with van der Waals surface area (Å²) in [6, 6.07) is 0. The van der Waals surface area contributed by atoms with Gasteiger partial charge in [-0.05, 0) is 30.7 Å². The van der Waals surface area contributed by atoms with E-state index in [-0.39, 0.29) is 0 Å². The topological polar surface area (TPSA) is 40.5 Å². The van der Waals surface area contributed by atoms with Gasteiger partial charge in [-0.2, -0.15) is 0 Å². The molecule has 1 aliphatic rings. The monoisotopic (exact) mass is 223 g/mol. The average molecular weight is 223 g/mol. The molecular formula is C13H21NO2. The summed E-state index contributed by atoms with van der Waals surface area (Å²) in [6.07, 6.45) is 9.16. The number of nitrogens with zero attached hydrogens (tertiary/aromatic N) is 1. The standard InChI is InChI=1S/C13H21NO2/c1-3-4-6-11(2)9-14-8-5-7-12(10-14)13(15)16/h5,7-8,11H,3-4,6,9-10H2,1-2H3,(H,15,16). The molecule has 0 spiro atoms. The van der Waals surface area contributed by atoms with Crippen molar-refractivity contribution in [3.8, 4) is 0 Å². The molecule has 0 aromatic carbocycles. The molecule has 1 unspecified atom stereocenters. The highest BCUT2D eigenvalue weighted by Crippen LogP contribution is 2.14. The third-order valence-corrected chi connectivity index (χ3v) is 2.84. The summed E-state index contributed by atoms with van der Waals surface area (Å²) >= 11 is 0. The Labute approximate surface area is 97.4 Å². The molecule has 1 N–H and O–H groups in total. The first-order chi connectivity index (χ1) is 7.63. The number of carboxylic acid groups (broad SMARTS) is 1. The predicted molar refractivity (Wildman–Crippen MR) is 65.1 cm³/mol. The minimum Gasteiger partial charge on any atom is -0.478 e. The van der Waals surface area contributed by atoms with Gasteiger partial charge in [0.2, 0.25) is 0 Å². The molecule has 3 nitrogen and oxygen atoms in total. The lowest BCUT2D eigenvalue weighted by Gasteiger charge is -2.26. The lowest BCUT2D eigenvalue weighted by molar-refractivity contribution is -0.132. The smallest absolute Gasteiger partial charge is 0.333 e. The quantitative estimate of drug-likeness (QED) is 0.752. The Bertz CT molecular complexity index is 294. The van der Waals surface area contributed by atoms with Crippen LogP contribution in [-0.4, -0.2) is 29.1 Å². The van der Waals surface area contributed by atoms with E-state index < -0.39 is 5.97 Å². The van der Waals surface area contributed by atoms with Gasteiger partial charge in [0.15, 0.2) is 0 Å². The van der Waals surface area contributed by atoms with Crippen LogP contribution in [0.3, 0.4) is 0 Å². The van der Waals surface area contributed by atoms with E-state index in [2.05, 4.69) is 18.7 Å². The van der Waals surface area contributed by atoms with E-state index in [1.54, 1.807) is 6.08 Å². The largest absolute Gasteiger partial charge is 0.478 e. The molecule has 0 bridgehead atoms. The number of unbranched alkanes of at least 4 members (excludes halogenated alkanes) is 1. The molecule has 1 rings (SSSR count). The van der Waals surface area contributed by atoms with Crippen LogP contribution in [-0.2, 0) is 4.79 Å². The zero-order valence-electron chi connectivity index (χ0n) is 10.1. The molecule has 0 radical (unpaired) electrons. The highest BCUT2D eigenvalue weighted by Gasteiger charge is 2.15. The molecule has 1 heterocycles. The normalized spacial score (nSPS) is 17.1. The molecule has 0 saturated carbocycles. The van der Waals surface area contributed by atoms with Crippen molar-refractivity contribution in [3.63, 3.8) is 0 Å². The number of carbonyl (C=O) groups is 1. The van der Waals surface area contributed by atoms with Crippen LogP contribution in [0.5, 0.6) is 0 Å². The Morgan fingerprint density at radius 2 is 2.38 bits per heavy atom. The summed E-state index contributed by atoms with van der Waals surface area (Å²) in [5, 5.41) is 8.90. The van der Waals surface area contributed by atoms with Crippen LogP contribution in [0.2, 0.25) is 0 Å². The Morgan fingerprint density at radius 3 is 3.00 bits per heavy atom. The van der Waals surface area contributed by atoms with E-state index in [0.29, 0.717) is 18.0 Å². The maximum Gasteiger partial charge on any atom is 0.333 e. The molecule has 0 aromatic rings. The minimum absolute atomic E-state index is 0.477. The molecule has 90 valence electrons. The maximum atomic E-state index is 10.8. The fourth-order valence-corrected chi connectivity index (χ4v) is 1.91.